The van der Waals surface area contributed by atoms with Gasteiger partial charge in [0.2, 0.25) is 5.96 Å². The SMILES string of the molecule is CCN=C(NN)Nc1ccc(Br)c(C)c1. The molecule has 4 N–H and O–H groups in total. The van der Waals surface area contributed by atoms with E-state index < -0.39 is 0 Å². The second-order valence-corrected chi connectivity index (χ2v) is 3.91. The van der Waals surface area contributed by atoms with Crippen LogP contribution in [0.2, 0.25) is 0 Å². The topological polar surface area (TPSA) is 62.4 Å². The van der Waals surface area contributed by atoms with Gasteiger partial charge in [0, 0.05) is 16.7 Å². The van der Waals surface area contributed by atoms with Gasteiger partial charge in [-0.1, -0.05) is 15.9 Å². The van der Waals surface area contributed by atoms with E-state index in [1.165, 1.54) is 0 Å². The molecule has 5 heteroatoms. The Hall–Kier alpha value is -1.07. The summed E-state index contributed by atoms with van der Waals surface area (Å²) in [5.74, 6) is 5.89. The zero-order valence-corrected chi connectivity index (χ0v) is 10.4. The molecule has 0 aliphatic carbocycles. The Morgan fingerprint density at radius 1 is 1.53 bits per heavy atom. The first-order valence-electron chi connectivity index (χ1n) is 4.71. The maximum Gasteiger partial charge on any atom is 0.210 e. The van der Waals surface area contributed by atoms with E-state index in [0.717, 1.165) is 15.7 Å². The molecule has 0 saturated carbocycles. The van der Waals surface area contributed by atoms with Crippen molar-refractivity contribution in [2.75, 3.05) is 11.9 Å². The standard InChI is InChI=1S/C10H15BrN4/c1-3-13-10(15-12)14-8-4-5-9(11)7(2)6-8/h4-6H,3,12H2,1-2H3,(H2,13,14,15). The van der Waals surface area contributed by atoms with Gasteiger partial charge in [0.05, 0.1) is 0 Å². The summed E-state index contributed by atoms with van der Waals surface area (Å²) < 4.78 is 1.09. The van der Waals surface area contributed by atoms with Gasteiger partial charge in [0.15, 0.2) is 0 Å². The summed E-state index contributed by atoms with van der Waals surface area (Å²) in [6, 6.07) is 5.96. The molecule has 0 aliphatic rings. The zero-order valence-electron chi connectivity index (χ0n) is 8.84. The average Bonchev–Trinajstić information content (AvgIpc) is 2.23. The number of hydrogen-bond acceptors (Lipinski definition) is 2. The van der Waals surface area contributed by atoms with Crippen LogP contribution < -0.4 is 16.6 Å². The monoisotopic (exact) mass is 270 g/mol. The summed E-state index contributed by atoms with van der Waals surface area (Å²) >= 11 is 3.45. The van der Waals surface area contributed by atoms with E-state index in [0.29, 0.717) is 12.5 Å². The molecule has 0 radical (unpaired) electrons. The van der Waals surface area contributed by atoms with Gasteiger partial charge < -0.3 is 5.32 Å². The molecule has 82 valence electrons. The Labute approximate surface area is 98.1 Å². The highest BCUT2D eigenvalue weighted by Crippen LogP contribution is 2.19. The fourth-order valence-electron chi connectivity index (χ4n) is 1.14. The lowest BCUT2D eigenvalue weighted by atomic mass is 10.2. The number of benzene rings is 1. The van der Waals surface area contributed by atoms with Crippen molar-refractivity contribution in [1.29, 1.82) is 0 Å². The van der Waals surface area contributed by atoms with Crippen LogP contribution in [0.25, 0.3) is 0 Å². The minimum atomic E-state index is 0.569. The number of anilines is 1. The molecule has 0 aliphatic heterocycles. The van der Waals surface area contributed by atoms with Crippen molar-refractivity contribution in [3.8, 4) is 0 Å². The highest BCUT2D eigenvalue weighted by atomic mass is 79.9. The van der Waals surface area contributed by atoms with Gasteiger partial charge >= 0.3 is 0 Å². The summed E-state index contributed by atoms with van der Waals surface area (Å²) in [6.45, 7) is 4.66. The van der Waals surface area contributed by atoms with Crippen LogP contribution in [0.5, 0.6) is 0 Å². The van der Waals surface area contributed by atoms with E-state index >= 15 is 0 Å². The van der Waals surface area contributed by atoms with Gasteiger partial charge in [-0.25, -0.2) is 5.84 Å². The van der Waals surface area contributed by atoms with Crippen LogP contribution in [0.15, 0.2) is 27.7 Å². The normalized spacial score (nSPS) is 11.3. The molecule has 1 aromatic carbocycles. The Balaban J connectivity index is 2.80. The van der Waals surface area contributed by atoms with Crippen molar-refractivity contribution in [3.05, 3.63) is 28.2 Å². The highest BCUT2D eigenvalue weighted by Gasteiger charge is 1.99. The molecule has 4 nitrogen and oxygen atoms in total. The molecule has 0 heterocycles. The number of halogens is 1. The van der Waals surface area contributed by atoms with Crippen molar-refractivity contribution in [2.24, 2.45) is 10.8 Å². The van der Waals surface area contributed by atoms with E-state index in [-0.39, 0.29) is 0 Å². The van der Waals surface area contributed by atoms with Crippen molar-refractivity contribution < 1.29 is 0 Å². The third-order valence-electron chi connectivity index (χ3n) is 1.87. The summed E-state index contributed by atoms with van der Waals surface area (Å²) in [5, 5.41) is 3.09. The summed E-state index contributed by atoms with van der Waals surface area (Å²) in [5.41, 5.74) is 4.63. The number of hydrazine groups is 1. The minimum Gasteiger partial charge on any atom is -0.325 e. The molecule has 0 saturated heterocycles. The smallest absolute Gasteiger partial charge is 0.210 e. The molecule has 1 rings (SSSR count). The fraction of sp³-hybridized carbons (Fsp3) is 0.300. The van der Waals surface area contributed by atoms with E-state index in [1.807, 2.05) is 32.0 Å². The first-order valence-corrected chi connectivity index (χ1v) is 5.51. The molecule has 0 aromatic heterocycles. The second-order valence-electron chi connectivity index (χ2n) is 3.06. The van der Waals surface area contributed by atoms with Gasteiger partial charge in [-0.05, 0) is 37.6 Å². The summed E-state index contributed by atoms with van der Waals surface area (Å²) in [6.07, 6.45) is 0. The summed E-state index contributed by atoms with van der Waals surface area (Å²) in [4.78, 5) is 4.15. The third-order valence-corrected chi connectivity index (χ3v) is 2.76. The molecule has 15 heavy (non-hydrogen) atoms. The number of aryl methyl sites for hydroxylation is 1. The Morgan fingerprint density at radius 2 is 2.27 bits per heavy atom. The zero-order chi connectivity index (χ0) is 11.3. The maximum absolute atomic E-state index is 5.32. The number of nitrogens with two attached hydrogens (primary N) is 1. The molecular weight excluding hydrogens is 256 g/mol. The van der Waals surface area contributed by atoms with Crippen molar-refractivity contribution in [2.45, 2.75) is 13.8 Å². The van der Waals surface area contributed by atoms with Crippen LogP contribution in [0.4, 0.5) is 5.69 Å². The Bertz CT molecular complexity index is 362. The lowest BCUT2D eigenvalue weighted by Crippen LogP contribution is -2.36. The first kappa shape index (κ1) is 12.0. The fourth-order valence-corrected chi connectivity index (χ4v) is 1.39. The van der Waals surface area contributed by atoms with Crippen LogP contribution in [0.1, 0.15) is 12.5 Å². The van der Waals surface area contributed by atoms with E-state index in [4.69, 9.17) is 5.84 Å². The van der Waals surface area contributed by atoms with Gasteiger partial charge in [-0.3, -0.25) is 10.4 Å². The van der Waals surface area contributed by atoms with Gasteiger partial charge in [-0.15, -0.1) is 0 Å². The number of aliphatic imine (C=N–C) groups is 1. The van der Waals surface area contributed by atoms with Crippen LogP contribution in [-0.2, 0) is 0 Å². The van der Waals surface area contributed by atoms with Gasteiger partial charge in [0.25, 0.3) is 0 Å². The Kier molecular flexibility index (Phi) is 4.58. The van der Waals surface area contributed by atoms with Gasteiger partial charge in [-0.2, -0.15) is 0 Å². The van der Waals surface area contributed by atoms with Crippen molar-refractivity contribution in [3.63, 3.8) is 0 Å². The van der Waals surface area contributed by atoms with E-state index in [9.17, 15) is 0 Å². The molecule has 1 aromatic rings. The van der Waals surface area contributed by atoms with Crippen molar-refractivity contribution in [1.82, 2.24) is 5.43 Å². The minimum absolute atomic E-state index is 0.569. The predicted octanol–water partition coefficient (Wildman–Crippen LogP) is 2.01. The molecule has 0 fully saturated rings. The number of guanidine groups is 1. The number of hydrogen-bond donors (Lipinski definition) is 3. The van der Waals surface area contributed by atoms with Crippen LogP contribution in [0.3, 0.4) is 0 Å². The lowest BCUT2D eigenvalue weighted by Gasteiger charge is -2.09. The quantitative estimate of drug-likeness (QED) is 0.334. The van der Waals surface area contributed by atoms with E-state index in [1.54, 1.807) is 0 Å². The number of nitrogens with zero attached hydrogens (tertiary/aromatic N) is 1. The largest absolute Gasteiger partial charge is 0.325 e. The van der Waals surface area contributed by atoms with Crippen molar-refractivity contribution >= 4 is 27.6 Å². The number of rotatable bonds is 2. The number of nitrogens with one attached hydrogen (secondary N) is 2. The predicted molar refractivity (Wildman–Crippen MR) is 67.8 cm³/mol. The molecule has 0 atom stereocenters. The summed E-state index contributed by atoms with van der Waals surface area (Å²) in [7, 11) is 0. The average molecular weight is 271 g/mol. The molecule has 0 bridgehead atoms. The lowest BCUT2D eigenvalue weighted by molar-refractivity contribution is 0.986. The molecule has 0 spiro atoms. The van der Waals surface area contributed by atoms with Crippen LogP contribution in [0, 0.1) is 6.92 Å². The molecule has 0 unspecified atom stereocenters. The van der Waals surface area contributed by atoms with E-state index in [2.05, 4.69) is 31.7 Å². The maximum atomic E-state index is 5.32. The molecular formula is C10H15BrN4. The van der Waals surface area contributed by atoms with Crippen LogP contribution >= 0.6 is 15.9 Å². The third kappa shape index (κ3) is 3.53. The Morgan fingerprint density at radius 3 is 2.80 bits per heavy atom. The highest BCUT2D eigenvalue weighted by molar-refractivity contribution is 9.10. The van der Waals surface area contributed by atoms with Gasteiger partial charge in [0.1, 0.15) is 0 Å². The second kappa shape index (κ2) is 5.72. The van der Waals surface area contributed by atoms with Crippen LogP contribution in [-0.4, -0.2) is 12.5 Å². The first-order chi connectivity index (χ1) is 7.17. The molecule has 0 amide bonds.